The molecule has 1 N–H and O–H groups in total. The molecule has 6 nitrogen and oxygen atoms in total. The van der Waals surface area contributed by atoms with Crippen molar-refractivity contribution >= 4 is 40.2 Å². The smallest absolute Gasteiger partial charge is 0.254 e. The number of rotatable bonds is 5. The van der Waals surface area contributed by atoms with Crippen molar-refractivity contribution in [2.24, 2.45) is 0 Å². The van der Waals surface area contributed by atoms with Gasteiger partial charge in [0.2, 0.25) is 5.91 Å². The molecule has 0 radical (unpaired) electrons. The number of aromatic nitrogens is 1. The maximum atomic E-state index is 12.9. The Kier molecular flexibility index (Phi) is 5.90. The minimum absolute atomic E-state index is 0.119. The molecule has 1 saturated heterocycles. The number of hydrogen-bond donors (Lipinski definition) is 1. The summed E-state index contributed by atoms with van der Waals surface area (Å²) in [5, 5.41) is 3.54. The second kappa shape index (κ2) is 8.75. The lowest BCUT2D eigenvalue weighted by molar-refractivity contribution is -0.116. The number of carbonyl (C=O) groups excluding carboxylic acids is 2. The summed E-state index contributed by atoms with van der Waals surface area (Å²) in [6.45, 7) is 1.31. The molecule has 1 fully saturated rings. The molecular formula is C23H23N3O3S. The number of benzene rings is 2. The Morgan fingerprint density at radius 3 is 2.57 bits per heavy atom. The molecular weight excluding hydrogens is 398 g/mol. The Bertz CT molecular complexity index is 1170. The van der Waals surface area contributed by atoms with Crippen molar-refractivity contribution in [3.8, 4) is 0 Å². The fourth-order valence-electron chi connectivity index (χ4n) is 3.81. The van der Waals surface area contributed by atoms with Gasteiger partial charge < -0.3 is 10.2 Å². The van der Waals surface area contributed by atoms with Crippen molar-refractivity contribution < 1.29 is 9.59 Å². The summed E-state index contributed by atoms with van der Waals surface area (Å²) < 4.78 is 1.42. The highest BCUT2D eigenvalue weighted by Gasteiger charge is 2.23. The summed E-state index contributed by atoms with van der Waals surface area (Å²) in [5.41, 5.74) is 1.32. The van der Waals surface area contributed by atoms with Gasteiger partial charge in [-0.1, -0.05) is 24.3 Å². The molecule has 0 spiro atoms. The monoisotopic (exact) mass is 421 g/mol. The van der Waals surface area contributed by atoms with Gasteiger partial charge in [-0.25, -0.2) is 0 Å². The molecule has 2 heterocycles. The molecule has 0 bridgehead atoms. The van der Waals surface area contributed by atoms with Crippen molar-refractivity contribution in [2.45, 2.75) is 24.3 Å². The van der Waals surface area contributed by atoms with Crippen LogP contribution in [0.3, 0.4) is 0 Å². The van der Waals surface area contributed by atoms with Crippen LogP contribution in [0.5, 0.6) is 0 Å². The van der Waals surface area contributed by atoms with E-state index < -0.39 is 0 Å². The van der Waals surface area contributed by atoms with E-state index >= 15 is 0 Å². The predicted molar refractivity (Wildman–Crippen MR) is 120 cm³/mol. The second-order valence-electron chi connectivity index (χ2n) is 7.28. The largest absolute Gasteiger partial charge is 0.339 e. The van der Waals surface area contributed by atoms with Crippen molar-refractivity contribution in [1.29, 1.82) is 0 Å². The van der Waals surface area contributed by atoms with E-state index in [1.54, 1.807) is 22.7 Å². The zero-order valence-electron chi connectivity index (χ0n) is 16.8. The van der Waals surface area contributed by atoms with E-state index in [9.17, 15) is 14.4 Å². The van der Waals surface area contributed by atoms with Crippen LogP contribution in [-0.2, 0) is 11.3 Å². The number of anilines is 1. The first kappa shape index (κ1) is 20.2. The molecule has 1 aliphatic rings. The SMILES string of the molecule is CSc1cccc(NC(=O)Cn2c(=O)cc(C(=O)N3CCCC3)c3ccccc32)c1. The molecule has 154 valence electrons. The van der Waals surface area contributed by atoms with Crippen LogP contribution in [0.15, 0.2) is 64.3 Å². The number of nitrogens with one attached hydrogen (secondary N) is 1. The lowest BCUT2D eigenvalue weighted by Crippen LogP contribution is -2.32. The molecule has 3 aromatic rings. The maximum Gasteiger partial charge on any atom is 0.254 e. The van der Waals surface area contributed by atoms with Gasteiger partial charge in [0.15, 0.2) is 0 Å². The molecule has 1 aromatic heterocycles. The van der Waals surface area contributed by atoms with Gasteiger partial charge in [-0.15, -0.1) is 11.8 Å². The lowest BCUT2D eigenvalue weighted by atomic mass is 10.1. The molecule has 2 aromatic carbocycles. The average molecular weight is 422 g/mol. The Morgan fingerprint density at radius 2 is 1.80 bits per heavy atom. The molecule has 1 aliphatic heterocycles. The van der Waals surface area contributed by atoms with E-state index in [-0.39, 0.29) is 23.9 Å². The van der Waals surface area contributed by atoms with E-state index in [1.165, 1.54) is 10.6 Å². The molecule has 7 heteroatoms. The van der Waals surface area contributed by atoms with Crippen LogP contribution in [0.1, 0.15) is 23.2 Å². The summed E-state index contributed by atoms with van der Waals surface area (Å²) >= 11 is 1.59. The predicted octanol–water partition coefficient (Wildman–Crippen LogP) is 3.60. The Morgan fingerprint density at radius 1 is 1.03 bits per heavy atom. The maximum absolute atomic E-state index is 12.9. The summed E-state index contributed by atoms with van der Waals surface area (Å²) in [4.78, 5) is 41.3. The fourth-order valence-corrected chi connectivity index (χ4v) is 4.27. The highest BCUT2D eigenvalue weighted by atomic mass is 32.2. The quantitative estimate of drug-likeness (QED) is 0.639. The standard InChI is InChI=1S/C23H23N3O3S/c1-30-17-8-6-7-16(13-17)24-21(27)15-26-20-10-3-2-9-18(20)19(14-22(26)28)23(29)25-11-4-5-12-25/h2-3,6-10,13-14H,4-5,11-12,15H2,1H3,(H,24,27). The van der Waals surface area contributed by atoms with Gasteiger partial charge in [-0.3, -0.25) is 19.0 Å². The number of fused-ring (bicyclic) bond motifs is 1. The van der Waals surface area contributed by atoms with Gasteiger partial charge in [0, 0.05) is 35.1 Å². The molecule has 0 aliphatic carbocycles. The summed E-state index contributed by atoms with van der Waals surface area (Å²) in [5.74, 6) is -0.412. The van der Waals surface area contributed by atoms with Crippen molar-refractivity contribution in [3.05, 3.63) is 70.5 Å². The van der Waals surface area contributed by atoms with E-state index in [0.29, 0.717) is 35.2 Å². The van der Waals surface area contributed by atoms with Crippen molar-refractivity contribution in [1.82, 2.24) is 9.47 Å². The van der Waals surface area contributed by atoms with Gasteiger partial charge in [0.05, 0.1) is 11.1 Å². The third-order valence-corrected chi connectivity index (χ3v) is 6.02. The van der Waals surface area contributed by atoms with E-state index in [4.69, 9.17) is 0 Å². The summed E-state index contributed by atoms with van der Waals surface area (Å²) in [6.07, 6.45) is 3.94. The normalized spacial score (nSPS) is 13.6. The summed E-state index contributed by atoms with van der Waals surface area (Å²) in [7, 11) is 0. The Labute approximate surface area is 178 Å². The number of hydrogen-bond acceptors (Lipinski definition) is 4. The van der Waals surface area contributed by atoms with Crippen LogP contribution >= 0.6 is 11.8 Å². The zero-order chi connectivity index (χ0) is 21.1. The number of nitrogens with zero attached hydrogens (tertiary/aromatic N) is 2. The highest BCUT2D eigenvalue weighted by Crippen LogP contribution is 2.22. The number of carbonyl (C=O) groups is 2. The fraction of sp³-hybridized carbons (Fsp3) is 0.261. The van der Waals surface area contributed by atoms with E-state index in [2.05, 4.69) is 5.32 Å². The Balaban J connectivity index is 1.65. The van der Waals surface area contributed by atoms with Crippen LogP contribution < -0.4 is 10.9 Å². The van der Waals surface area contributed by atoms with Crippen LogP contribution in [0.25, 0.3) is 10.9 Å². The molecule has 30 heavy (non-hydrogen) atoms. The number of pyridine rings is 1. The van der Waals surface area contributed by atoms with Crippen LogP contribution in [0, 0.1) is 0 Å². The minimum Gasteiger partial charge on any atom is -0.339 e. The molecule has 0 atom stereocenters. The number of thioether (sulfide) groups is 1. The number of amides is 2. The van der Waals surface area contributed by atoms with Gasteiger partial charge in [-0.05, 0) is 43.4 Å². The van der Waals surface area contributed by atoms with Crippen LogP contribution in [0.2, 0.25) is 0 Å². The first-order valence-corrected chi connectivity index (χ1v) is 11.1. The molecule has 0 unspecified atom stereocenters. The first-order chi connectivity index (χ1) is 14.6. The van der Waals surface area contributed by atoms with E-state index in [0.717, 1.165) is 17.7 Å². The first-order valence-electron chi connectivity index (χ1n) is 9.92. The molecule has 0 saturated carbocycles. The highest BCUT2D eigenvalue weighted by molar-refractivity contribution is 7.98. The number of likely N-dealkylation sites (tertiary alicyclic amines) is 1. The van der Waals surface area contributed by atoms with Gasteiger partial charge in [0.25, 0.3) is 11.5 Å². The second-order valence-corrected chi connectivity index (χ2v) is 8.16. The minimum atomic E-state index is -0.357. The Hall–Kier alpha value is -3.06. The van der Waals surface area contributed by atoms with Crippen molar-refractivity contribution in [3.63, 3.8) is 0 Å². The van der Waals surface area contributed by atoms with Gasteiger partial charge in [0.1, 0.15) is 6.54 Å². The number of para-hydroxylation sites is 1. The van der Waals surface area contributed by atoms with Crippen molar-refractivity contribution in [2.75, 3.05) is 24.7 Å². The third kappa shape index (κ3) is 4.11. The van der Waals surface area contributed by atoms with Gasteiger partial charge >= 0.3 is 0 Å². The topological polar surface area (TPSA) is 71.4 Å². The third-order valence-electron chi connectivity index (χ3n) is 5.30. The van der Waals surface area contributed by atoms with Crippen LogP contribution in [0.4, 0.5) is 5.69 Å². The van der Waals surface area contributed by atoms with Gasteiger partial charge in [-0.2, -0.15) is 0 Å². The molecule has 2 amide bonds. The summed E-state index contributed by atoms with van der Waals surface area (Å²) in [6, 6.07) is 16.2. The average Bonchev–Trinajstić information content (AvgIpc) is 3.30. The lowest BCUT2D eigenvalue weighted by Gasteiger charge is -2.18. The zero-order valence-corrected chi connectivity index (χ0v) is 17.6. The van der Waals surface area contributed by atoms with Crippen LogP contribution in [-0.4, -0.2) is 40.6 Å². The molecule has 4 rings (SSSR count). The van der Waals surface area contributed by atoms with E-state index in [1.807, 2.05) is 48.7 Å².